The molecule has 0 unspecified atom stereocenters. The Labute approximate surface area is 49.2 Å². The SMILES string of the molecule is ClCC=CC1CC1. The molecule has 0 aromatic heterocycles. The molecule has 1 saturated carbocycles. The highest BCUT2D eigenvalue weighted by atomic mass is 35.5. The van der Waals surface area contributed by atoms with E-state index in [9.17, 15) is 0 Å². The van der Waals surface area contributed by atoms with Crippen molar-refractivity contribution in [1.29, 1.82) is 0 Å². The van der Waals surface area contributed by atoms with Gasteiger partial charge in [-0.1, -0.05) is 12.2 Å². The van der Waals surface area contributed by atoms with Crippen LogP contribution in [0.3, 0.4) is 0 Å². The fourth-order valence-electron chi connectivity index (χ4n) is 0.533. The van der Waals surface area contributed by atoms with E-state index in [2.05, 4.69) is 6.08 Å². The minimum atomic E-state index is 0.677. The summed E-state index contributed by atoms with van der Waals surface area (Å²) < 4.78 is 0. The number of rotatable bonds is 2. The second-order valence-corrected chi connectivity index (χ2v) is 2.23. The summed E-state index contributed by atoms with van der Waals surface area (Å²) in [6, 6.07) is 0. The molecule has 1 aliphatic rings. The van der Waals surface area contributed by atoms with Crippen molar-refractivity contribution in [3.63, 3.8) is 0 Å². The van der Waals surface area contributed by atoms with E-state index in [0.29, 0.717) is 5.88 Å². The van der Waals surface area contributed by atoms with Crippen LogP contribution in [0.4, 0.5) is 0 Å². The topological polar surface area (TPSA) is 0 Å². The van der Waals surface area contributed by atoms with Crippen LogP contribution < -0.4 is 0 Å². The van der Waals surface area contributed by atoms with Gasteiger partial charge in [0.25, 0.3) is 0 Å². The lowest BCUT2D eigenvalue weighted by Crippen LogP contribution is -1.62. The fourth-order valence-corrected chi connectivity index (χ4v) is 0.635. The van der Waals surface area contributed by atoms with E-state index in [1.807, 2.05) is 6.08 Å². The van der Waals surface area contributed by atoms with E-state index in [-0.39, 0.29) is 0 Å². The molecule has 0 N–H and O–H groups in total. The van der Waals surface area contributed by atoms with Crippen LogP contribution in [-0.2, 0) is 0 Å². The predicted octanol–water partition coefficient (Wildman–Crippen LogP) is 2.19. The first-order valence-corrected chi connectivity index (χ1v) is 3.19. The van der Waals surface area contributed by atoms with Gasteiger partial charge >= 0.3 is 0 Å². The van der Waals surface area contributed by atoms with Crippen molar-refractivity contribution in [3.05, 3.63) is 12.2 Å². The molecule has 0 radical (unpaired) electrons. The van der Waals surface area contributed by atoms with Gasteiger partial charge in [-0.05, 0) is 18.8 Å². The molecule has 0 aliphatic heterocycles. The average Bonchev–Trinajstić information content (AvgIpc) is 2.42. The molecule has 0 aromatic carbocycles. The quantitative estimate of drug-likeness (QED) is 0.383. The van der Waals surface area contributed by atoms with Crippen molar-refractivity contribution < 1.29 is 0 Å². The summed E-state index contributed by atoms with van der Waals surface area (Å²) in [5.41, 5.74) is 0. The Hall–Kier alpha value is 0.0300. The molecule has 1 aliphatic carbocycles. The smallest absolute Gasteiger partial charge is 0.0404 e. The van der Waals surface area contributed by atoms with E-state index in [0.717, 1.165) is 5.92 Å². The van der Waals surface area contributed by atoms with E-state index in [1.165, 1.54) is 12.8 Å². The maximum atomic E-state index is 5.39. The average molecular weight is 117 g/mol. The maximum Gasteiger partial charge on any atom is 0.0404 e. The molecule has 0 heterocycles. The summed E-state index contributed by atoms with van der Waals surface area (Å²) in [5.74, 6) is 1.56. The predicted molar refractivity (Wildman–Crippen MR) is 32.6 cm³/mol. The van der Waals surface area contributed by atoms with Crippen LogP contribution in [0.1, 0.15) is 12.8 Å². The summed E-state index contributed by atoms with van der Waals surface area (Å²) in [5, 5.41) is 0. The van der Waals surface area contributed by atoms with E-state index < -0.39 is 0 Å². The van der Waals surface area contributed by atoms with Gasteiger partial charge in [-0.25, -0.2) is 0 Å². The van der Waals surface area contributed by atoms with Gasteiger partial charge in [0.15, 0.2) is 0 Å². The summed E-state index contributed by atoms with van der Waals surface area (Å²) >= 11 is 5.39. The molecule has 7 heavy (non-hydrogen) atoms. The first-order valence-electron chi connectivity index (χ1n) is 2.66. The fraction of sp³-hybridized carbons (Fsp3) is 0.667. The normalized spacial score (nSPS) is 21.3. The molecule has 0 amide bonds. The van der Waals surface area contributed by atoms with Crippen LogP contribution in [0.25, 0.3) is 0 Å². The van der Waals surface area contributed by atoms with Gasteiger partial charge in [-0.2, -0.15) is 0 Å². The summed E-state index contributed by atoms with van der Waals surface area (Å²) in [7, 11) is 0. The van der Waals surface area contributed by atoms with Crippen LogP contribution in [-0.4, -0.2) is 5.88 Å². The largest absolute Gasteiger partial charge is 0.122 e. The van der Waals surface area contributed by atoms with Gasteiger partial charge in [0.05, 0.1) is 0 Å². The van der Waals surface area contributed by atoms with E-state index in [1.54, 1.807) is 0 Å². The van der Waals surface area contributed by atoms with Crippen LogP contribution >= 0.6 is 11.6 Å². The maximum absolute atomic E-state index is 5.39. The van der Waals surface area contributed by atoms with Crippen molar-refractivity contribution in [2.24, 2.45) is 5.92 Å². The number of alkyl halides is 1. The molecule has 0 saturated heterocycles. The summed E-state index contributed by atoms with van der Waals surface area (Å²) in [4.78, 5) is 0. The van der Waals surface area contributed by atoms with Gasteiger partial charge < -0.3 is 0 Å². The van der Waals surface area contributed by atoms with Gasteiger partial charge in [0.2, 0.25) is 0 Å². The zero-order valence-electron chi connectivity index (χ0n) is 4.23. The Bertz CT molecular complexity index is 72.2. The highest BCUT2D eigenvalue weighted by molar-refractivity contribution is 6.18. The third kappa shape index (κ3) is 1.98. The number of allylic oxidation sites excluding steroid dienone is 2. The molecule has 40 valence electrons. The highest BCUT2D eigenvalue weighted by Gasteiger charge is 2.16. The molecule has 1 heteroatoms. The zero-order chi connectivity index (χ0) is 5.11. The number of hydrogen-bond acceptors (Lipinski definition) is 0. The van der Waals surface area contributed by atoms with Gasteiger partial charge in [-0.15, -0.1) is 11.6 Å². The minimum absolute atomic E-state index is 0.677. The Balaban J connectivity index is 2.05. The monoisotopic (exact) mass is 116 g/mol. The van der Waals surface area contributed by atoms with Crippen molar-refractivity contribution in [2.45, 2.75) is 12.8 Å². The molecule has 0 atom stereocenters. The molecule has 0 nitrogen and oxygen atoms in total. The van der Waals surface area contributed by atoms with Crippen LogP contribution in [0.5, 0.6) is 0 Å². The Morgan fingerprint density at radius 2 is 2.29 bits per heavy atom. The molecule has 0 bridgehead atoms. The third-order valence-electron chi connectivity index (χ3n) is 1.12. The van der Waals surface area contributed by atoms with Crippen molar-refractivity contribution in [3.8, 4) is 0 Å². The number of halogens is 1. The van der Waals surface area contributed by atoms with Crippen LogP contribution in [0, 0.1) is 5.92 Å². The van der Waals surface area contributed by atoms with Crippen molar-refractivity contribution >= 4 is 11.6 Å². The Morgan fingerprint density at radius 3 is 2.71 bits per heavy atom. The van der Waals surface area contributed by atoms with Gasteiger partial charge in [-0.3, -0.25) is 0 Å². The Kier molecular flexibility index (Phi) is 1.75. The zero-order valence-corrected chi connectivity index (χ0v) is 4.99. The Morgan fingerprint density at radius 1 is 1.57 bits per heavy atom. The lowest BCUT2D eigenvalue weighted by atomic mass is 10.4. The molecular formula is C6H9Cl. The number of hydrogen-bond donors (Lipinski definition) is 0. The van der Waals surface area contributed by atoms with Gasteiger partial charge in [0.1, 0.15) is 0 Å². The van der Waals surface area contributed by atoms with E-state index in [4.69, 9.17) is 11.6 Å². The van der Waals surface area contributed by atoms with Crippen LogP contribution in [0.2, 0.25) is 0 Å². The third-order valence-corrected chi connectivity index (χ3v) is 1.30. The summed E-state index contributed by atoms with van der Waals surface area (Å²) in [6.07, 6.45) is 6.99. The van der Waals surface area contributed by atoms with Crippen LogP contribution in [0.15, 0.2) is 12.2 Å². The second kappa shape index (κ2) is 2.37. The highest BCUT2D eigenvalue weighted by Crippen LogP contribution is 2.29. The van der Waals surface area contributed by atoms with Gasteiger partial charge in [0, 0.05) is 5.88 Å². The minimum Gasteiger partial charge on any atom is -0.122 e. The molecule has 0 aromatic rings. The van der Waals surface area contributed by atoms with E-state index >= 15 is 0 Å². The molecule has 1 rings (SSSR count). The molecular weight excluding hydrogens is 108 g/mol. The molecule has 0 spiro atoms. The molecule has 1 fully saturated rings. The van der Waals surface area contributed by atoms with Crippen molar-refractivity contribution in [2.75, 3.05) is 5.88 Å². The summed E-state index contributed by atoms with van der Waals surface area (Å²) in [6.45, 7) is 0. The first kappa shape index (κ1) is 5.17. The lowest BCUT2D eigenvalue weighted by molar-refractivity contribution is 1.12. The second-order valence-electron chi connectivity index (χ2n) is 1.92. The first-order chi connectivity index (χ1) is 3.43. The standard InChI is InChI=1S/C6H9Cl/c7-5-1-2-6-3-4-6/h1-2,6H,3-5H2. The van der Waals surface area contributed by atoms with Crippen molar-refractivity contribution in [1.82, 2.24) is 0 Å². The lowest BCUT2D eigenvalue weighted by Gasteiger charge is -1.74.